The fourth-order valence-electron chi connectivity index (χ4n) is 1.90. The number of nitrogens with one attached hydrogen (secondary N) is 2. The molecule has 0 bridgehead atoms. The first-order valence-electron chi connectivity index (χ1n) is 6.87. The monoisotopic (exact) mass is 326 g/mol. The Kier molecular flexibility index (Phi) is 4.49. The van der Waals surface area contributed by atoms with Gasteiger partial charge in [-0.25, -0.2) is 4.98 Å². The molecule has 2 N–H and O–H groups in total. The largest absolute Gasteiger partial charge is 0.463 e. The van der Waals surface area contributed by atoms with E-state index in [1.54, 1.807) is 18.5 Å². The van der Waals surface area contributed by atoms with Gasteiger partial charge in [0.1, 0.15) is 5.76 Å². The zero-order chi connectivity index (χ0) is 16.1. The molecular weight excluding hydrogens is 312 g/mol. The molecule has 1 aromatic carbocycles. The van der Waals surface area contributed by atoms with E-state index in [-0.39, 0.29) is 5.91 Å². The van der Waals surface area contributed by atoms with Gasteiger partial charge in [-0.05, 0) is 24.3 Å². The smallest absolute Gasteiger partial charge is 0.221 e. The number of carbonyl (C=O) groups excluding carboxylic acids is 1. The molecule has 0 aliphatic heterocycles. The number of hydrogen-bond acceptors (Lipinski definition) is 6. The van der Waals surface area contributed by atoms with Crippen molar-refractivity contribution in [1.29, 1.82) is 0 Å². The Hall–Kier alpha value is -2.93. The van der Waals surface area contributed by atoms with Gasteiger partial charge in [-0.3, -0.25) is 10.2 Å². The van der Waals surface area contributed by atoms with E-state index in [0.717, 1.165) is 16.9 Å². The number of amides is 1. The van der Waals surface area contributed by atoms with Gasteiger partial charge in [0.2, 0.25) is 11.0 Å². The highest BCUT2D eigenvalue weighted by atomic mass is 32.1. The zero-order valence-electron chi connectivity index (χ0n) is 12.3. The summed E-state index contributed by atoms with van der Waals surface area (Å²) in [7, 11) is 0. The fourth-order valence-corrected chi connectivity index (χ4v) is 2.57. The normalized spacial score (nSPS) is 10.8. The molecule has 1 amide bonds. The summed E-state index contributed by atoms with van der Waals surface area (Å²) in [5.74, 6) is 0.579. The van der Waals surface area contributed by atoms with Crippen molar-refractivity contribution in [3.05, 3.63) is 53.8 Å². The van der Waals surface area contributed by atoms with Gasteiger partial charge in [-0.2, -0.15) is 5.10 Å². The maximum atomic E-state index is 11.0. The van der Waals surface area contributed by atoms with Crippen LogP contribution in [0.25, 0.3) is 11.3 Å². The fraction of sp³-hybridized carbons (Fsp3) is 0.0625. The van der Waals surface area contributed by atoms with Gasteiger partial charge in [0, 0.05) is 23.6 Å². The first-order valence-corrected chi connectivity index (χ1v) is 7.75. The molecule has 2 aromatic heterocycles. The van der Waals surface area contributed by atoms with Crippen LogP contribution in [-0.2, 0) is 4.79 Å². The van der Waals surface area contributed by atoms with E-state index in [1.807, 2.05) is 35.7 Å². The van der Waals surface area contributed by atoms with Crippen LogP contribution in [0.3, 0.4) is 0 Å². The summed E-state index contributed by atoms with van der Waals surface area (Å²) < 4.78 is 5.15. The summed E-state index contributed by atoms with van der Waals surface area (Å²) in [4.78, 5) is 15.5. The number of aromatic nitrogens is 1. The number of thiazole rings is 1. The number of hydrogen-bond donors (Lipinski definition) is 2. The van der Waals surface area contributed by atoms with Crippen LogP contribution in [0.5, 0.6) is 0 Å². The van der Waals surface area contributed by atoms with Crippen molar-refractivity contribution in [2.24, 2.45) is 5.10 Å². The van der Waals surface area contributed by atoms with E-state index >= 15 is 0 Å². The minimum atomic E-state index is -0.0905. The lowest BCUT2D eigenvalue weighted by molar-refractivity contribution is -0.114. The van der Waals surface area contributed by atoms with Crippen LogP contribution in [0, 0.1) is 0 Å². The number of benzene rings is 1. The first kappa shape index (κ1) is 15.0. The van der Waals surface area contributed by atoms with Crippen molar-refractivity contribution in [2.45, 2.75) is 6.92 Å². The van der Waals surface area contributed by atoms with Gasteiger partial charge in [0.25, 0.3) is 0 Å². The molecule has 0 fully saturated rings. The molecule has 0 saturated carbocycles. The highest BCUT2D eigenvalue weighted by molar-refractivity contribution is 7.14. The quantitative estimate of drug-likeness (QED) is 0.552. The molecule has 3 aromatic rings. The standard InChI is InChI=1S/C16H14N4O2S/c1-11(21)18-13-6-4-12(5-7-13)15-10-23-16(19-15)20-17-9-14-3-2-8-22-14/h2-10H,1H3,(H,18,21)(H,19,20)/b17-9-. The Balaban J connectivity index is 1.65. The number of nitrogens with zero attached hydrogens (tertiary/aromatic N) is 2. The van der Waals surface area contributed by atoms with E-state index in [0.29, 0.717) is 10.9 Å². The Labute approximate surface area is 136 Å². The van der Waals surface area contributed by atoms with Crippen molar-refractivity contribution in [2.75, 3.05) is 10.7 Å². The average Bonchev–Trinajstić information content (AvgIpc) is 3.19. The van der Waals surface area contributed by atoms with Gasteiger partial charge >= 0.3 is 0 Å². The number of furan rings is 1. The molecule has 0 spiro atoms. The second-order valence-electron chi connectivity index (χ2n) is 4.68. The maximum Gasteiger partial charge on any atom is 0.221 e. The topological polar surface area (TPSA) is 79.5 Å². The third kappa shape index (κ3) is 4.04. The van der Waals surface area contributed by atoms with Gasteiger partial charge in [0.05, 0.1) is 18.2 Å². The number of anilines is 2. The average molecular weight is 326 g/mol. The van der Waals surface area contributed by atoms with E-state index in [4.69, 9.17) is 4.42 Å². The van der Waals surface area contributed by atoms with Crippen LogP contribution >= 0.6 is 11.3 Å². The van der Waals surface area contributed by atoms with Crippen LogP contribution in [-0.4, -0.2) is 17.1 Å². The minimum Gasteiger partial charge on any atom is -0.463 e. The Morgan fingerprint density at radius 2 is 2.13 bits per heavy atom. The van der Waals surface area contributed by atoms with Crippen LogP contribution < -0.4 is 10.7 Å². The van der Waals surface area contributed by atoms with E-state index in [2.05, 4.69) is 20.8 Å². The SMILES string of the molecule is CC(=O)Nc1ccc(-c2csc(N/N=C\c3ccco3)n2)cc1. The molecular formula is C16H14N4O2S. The Morgan fingerprint density at radius 3 is 2.83 bits per heavy atom. The highest BCUT2D eigenvalue weighted by Crippen LogP contribution is 2.26. The molecule has 0 unspecified atom stereocenters. The lowest BCUT2D eigenvalue weighted by Crippen LogP contribution is -2.05. The van der Waals surface area contributed by atoms with Crippen molar-refractivity contribution < 1.29 is 9.21 Å². The van der Waals surface area contributed by atoms with Crippen LogP contribution in [0.1, 0.15) is 12.7 Å². The van der Waals surface area contributed by atoms with E-state index in [1.165, 1.54) is 18.3 Å². The molecule has 0 aliphatic carbocycles. The zero-order valence-corrected chi connectivity index (χ0v) is 13.1. The molecule has 116 valence electrons. The van der Waals surface area contributed by atoms with Crippen LogP contribution in [0.15, 0.2) is 57.6 Å². The summed E-state index contributed by atoms with van der Waals surface area (Å²) in [6, 6.07) is 11.1. The van der Waals surface area contributed by atoms with Crippen molar-refractivity contribution in [3.63, 3.8) is 0 Å². The molecule has 0 atom stereocenters. The third-order valence-corrected chi connectivity index (χ3v) is 3.65. The second-order valence-corrected chi connectivity index (χ2v) is 5.54. The second kappa shape index (κ2) is 6.89. The molecule has 23 heavy (non-hydrogen) atoms. The minimum absolute atomic E-state index is 0.0905. The highest BCUT2D eigenvalue weighted by Gasteiger charge is 2.04. The number of rotatable bonds is 5. The maximum absolute atomic E-state index is 11.0. The van der Waals surface area contributed by atoms with E-state index < -0.39 is 0 Å². The molecule has 0 aliphatic rings. The molecule has 3 rings (SSSR count). The van der Waals surface area contributed by atoms with Crippen molar-refractivity contribution in [3.8, 4) is 11.3 Å². The van der Waals surface area contributed by atoms with E-state index in [9.17, 15) is 4.79 Å². The summed E-state index contributed by atoms with van der Waals surface area (Å²) >= 11 is 1.46. The molecule has 0 radical (unpaired) electrons. The van der Waals surface area contributed by atoms with Crippen molar-refractivity contribution in [1.82, 2.24) is 4.98 Å². The molecule has 6 nitrogen and oxygen atoms in total. The Morgan fingerprint density at radius 1 is 1.30 bits per heavy atom. The number of hydrazone groups is 1. The Bertz CT molecular complexity index is 807. The van der Waals surface area contributed by atoms with Gasteiger partial charge < -0.3 is 9.73 Å². The molecule has 7 heteroatoms. The summed E-state index contributed by atoms with van der Waals surface area (Å²) in [5, 5.41) is 9.43. The van der Waals surface area contributed by atoms with Crippen molar-refractivity contribution >= 4 is 34.3 Å². The molecule has 2 heterocycles. The van der Waals surface area contributed by atoms with Crippen LogP contribution in [0.4, 0.5) is 10.8 Å². The third-order valence-electron chi connectivity index (χ3n) is 2.90. The number of carbonyl (C=O) groups is 1. The van der Waals surface area contributed by atoms with Crippen LogP contribution in [0.2, 0.25) is 0 Å². The first-order chi connectivity index (χ1) is 11.2. The summed E-state index contributed by atoms with van der Waals surface area (Å²) in [5.41, 5.74) is 5.45. The summed E-state index contributed by atoms with van der Waals surface area (Å²) in [6.07, 6.45) is 3.18. The predicted molar refractivity (Wildman–Crippen MR) is 91.8 cm³/mol. The van der Waals surface area contributed by atoms with Gasteiger partial charge in [-0.15, -0.1) is 11.3 Å². The predicted octanol–water partition coefficient (Wildman–Crippen LogP) is 3.81. The lowest BCUT2D eigenvalue weighted by atomic mass is 10.1. The van der Waals surface area contributed by atoms with Gasteiger partial charge in [0.15, 0.2) is 0 Å². The molecule has 0 saturated heterocycles. The van der Waals surface area contributed by atoms with Gasteiger partial charge in [-0.1, -0.05) is 12.1 Å². The lowest BCUT2D eigenvalue weighted by Gasteiger charge is -2.02. The summed E-state index contributed by atoms with van der Waals surface area (Å²) in [6.45, 7) is 1.48.